The van der Waals surface area contributed by atoms with Gasteiger partial charge in [-0.15, -0.1) is 0 Å². The zero-order chi connectivity index (χ0) is 27.6. The van der Waals surface area contributed by atoms with E-state index >= 15 is 0 Å². The molecule has 3 aromatic carbocycles. The van der Waals surface area contributed by atoms with E-state index in [1.807, 2.05) is 4.90 Å². The van der Waals surface area contributed by atoms with Crippen molar-refractivity contribution in [1.82, 2.24) is 10.2 Å². The molecule has 1 aliphatic carbocycles. The predicted octanol–water partition coefficient (Wildman–Crippen LogP) is 5.31. The Bertz CT molecular complexity index is 1360. The molecule has 3 N–H and O–H groups in total. The number of hydrogen-bond donors (Lipinski definition) is 3. The molecule has 1 amide bonds. The fourth-order valence-corrected chi connectivity index (χ4v) is 5.24. The molecule has 3 aromatic rings. The summed E-state index contributed by atoms with van der Waals surface area (Å²) in [6.07, 6.45) is 4.03. The smallest absolute Gasteiger partial charge is 0.274 e. The maximum Gasteiger partial charge on any atom is 0.274 e. The second-order valence-electron chi connectivity index (χ2n) is 10.1. The normalized spacial score (nSPS) is 18.4. The van der Waals surface area contributed by atoms with Crippen molar-refractivity contribution in [1.29, 1.82) is 0 Å². The first kappa shape index (κ1) is 27.1. The average molecular weight is 552 g/mol. The van der Waals surface area contributed by atoms with E-state index in [-0.39, 0.29) is 17.6 Å². The first-order chi connectivity index (χ1) is 18.8. The maximum atomic E-state index is 13.3. The summed E-state index contributed by atoms with van der Waals surface area (Å²) >= 11 is 6.53. The van der Waals surface area contributed by atoms with Crippen LogP contribution in [0.4, 0.5) is 4.39 Å². The van der Waals surface area contributed by atoms with Gasteiger partial charge in [-0.2, -0.15) is 0 Å². The van der Waals surface area contributed by atoms with Gasteiger partial charge in [-0.25, -0.2) is 4.39 Å². The lowest BCUT2D eigenvalue weighted by Crippen LogP contribution is -2.59. The number of ether oxygens (including phenoxy) is 1. The van der Waals surface area contributed by atoms with Crippen LogP contribution in [0.1, 0.15) is 43.7 Å². The summed E-state index contributed by atoms with van der Waals surface area (Å²) < 4.78 is 19.1. The molecule has 0 bridgehead atoms. The summed E-state index contributed by atoms with van der Waals surface area (Å²) in [4.78, 5) is 15.2. The number of rotatable bonds is 9. The van der Waals surface area contributed by atoms with Crippen LogP contribution in [0, 0.1) is 5.82 Å². The number of carbonyl (C=O) groups is 1. The molecule has 5 rings (SSSR count). The maximum absolute atomic E-state index is 13.3. The average Bonchev–Trinajstić information content (AvgIpc) is 3.58. The molecule has 7 nitrogen and oxygen atoms in total. The molecule has 0 unspecified atom stereocenters. The summed E-state index contributed by atoms with van der Waals surface area (Å²) in [6.45, 7) is 3.02. The van der Waals surface area contributed by atoms with Crippen LogP contribution in [-0.4, -0.2) is 52.1 Å². The van der Waals surface area contributed by atoms with E-state index in [1.165, 1.54) is 12.1 Å². The van der Waals surface area contributed by atoms with Crippen molar-refractivity contribution < 1.29 is 24.2 Å². The lowest BCUT2D eigenvalue weighted by molar-refractivity contribution is -0.138. The van der Waals surface area contributed by atoms with E-state index in [2.05, 4.69) is 10.5 Å². The third-order valence-electron chi connectivity index (χ3n) is 7.37. The van der Waals surface area contributed by atoms with Gasteiger partial charge in [-0.05, 0) is 68.0 Å². The van der Waals surface area contributed by atoms with Crippen molar-refractivity contribution in [2.24, 2.45) is 5.16 Å². The molecule has 1 aliphatic heterocycles. The van der Waals surface area contributed by atoms with E-state index in [0.29, 0.717) is 35.0 Å². The number of halogens is 2. The summed E-state index contributed by atoms with van der Waals surface area (Å²) in [7, 11) is 0. The lowest BCUT2D eigenvalue weighted by Gasteiger charge is -2.42. The highest BCUT2D eigenvalue weighted by Crippen LogP contribution is 2.38. The van der Waals surface area contributed by atoms with Crippen LogP contribution in [0.2, 0.25) is 5.02 Å². The first-order valence-corrected chi connectivity index (χ1v) is 13.5. The zero-order valence-electron chi connectivity index (χ0n) is 21.6. The monoisotopic (exact) mass is 551 g/mol. The summed E-state index contributed by atoms with van der Waals surface area (Å²) in [5.41, 5.74) is 0.813. The number of oxime groups is 1. The van der Waals surface area contributed by atoms with Gasteiger partial charge in [-0.3, -0.25) is 9.69 Å². The predicted molar refractivity (Wildman–Crippen MR) is 148 cm³/mol. The molecule has 39 heavy (non-hydrogen) atoms. The number of carbonyl (C=O) groups excluding carboxylic acids is 1. The van der Waals surface area contributed by atoms with Gasteiger partial charge in [0.15, 0.2) is 11.4 Å². The summed E-state index contributed by atoms with van der Waals surface area (Å²) in [5.74, 6) is -0.395. The standard InChI is InChI=1S/C30H31ClFN3O4/c1-19(30(37,35-16-2-3-17-35)23-10-15-27(26(31)18-23)39-25-13-14-25)33-29(36)28(34-38)22-6-4-20(5-7-22)21-8-11-24(32)12-9-21/h4-12,15,18-19,25,37-38H,2-3,13-14,16-17H2,1H3,(H,33,36)/t19-,30+/m1/s1. The Balaban J connectivity index is 1.36. The minimum Gasteiger partial charge on any atom is -0.489 e. The van der Waals surface area contributed by atoms with E-state index in [9.17, 15) is 19.5 Å². The number of amides is 1. The number of hydrogen-bond acceptors (Lipinski definition) is 6. The van der Waals surface area contributed by atoms with Gasteiger partial charge in [0.1, 0.15) is 11.6 Å². The van der Waals surface area contributed by atoms with Crippen molar-refractivity contribution in [3.05, 3.63) is 88.7 Å². The lowest BCUT2D eigenvalue weighted by atomic mass is 9.93. The number of benzene rings is 3. The Kier molecular flexibility index (Phi) is 7.88. The highest BCUT2D eigenvalue weighted by Gasteiger charge is 2.44. The van der Waals surface area contributed by atoms with Gasteiger partial charge in [-0.1, -0.05) is 59.2 Å². The van der Waals surface area contributed by atoms with E-state index in [4.69, 9.17) is 16.3 Å². The van der Waals surface area contributed by atoms with Crippen molar-refractivity contribution in [3.63, 3.8) is 0 Å². The minimum absolute atomic E-state index is 0.185. The number of aliphatic hydroxyl groups is 1. The molecule has 0 spiro atoms. The molecule has 1 saturated heterocycles. The van der Waals surface area contributed by atoms with Crippen LogP contribution in [0.3, 0.4) is 0 Å². The second-order valence-corrected chi connectivity index (χ2v) is 10.5. The number of nitrogens with one attached hydrogen (secondary N) is 1. The topological polar surface area (TPSA) is 94.4 Å². The fourth-order valence-electron chi connectivity index (χ4n) is 5.02. The molecule has 204 valence electrons. The molecule has 0 aromatic heterocycles. The Hall–Kier alpha value is -3.46. The van der Waals surface area contributed by atoms with Crippen LogP contribution in [0.5, 0.6) is 5.75 Å². The van der Waals surface area contributed by atoms with Gasteiger partial charge >= 0.3 is 0 Å². The quantitative estimate of drug-likeness (QED) is 0.190. The van der Waals surface area contributed by atoms with Crippen LogP contribution < -0.4 is 10.1 Å². The minimum atomic E-state index is -1.55. The van der Waals surface area contributed by atoms with Crippen molar-refractivity contribution in [3.8, 4) is 16.9 Å². The Morgan fingerprint density at radius 2 is 1.69 bits per heavy atom. The zero-order valence-corrected chi connectivity index (χ0v) is 22.4. The van der Waals surface area contributed by atoms with E-state index in [0.717, 1.165) is 36.8 Å². The molecular formula is C30H31ClFN3O4. The number of likely N-dealkylation sites (tertiary alicyclic amines) is 1. The Labute approximate surface area is 231 Å². The van der Waals surface area contributed by atoms with Crippen molar-refractivity contribution in [2.45, 2.75) is 50.5 Å². The molecule has 0 radical (unpaired) electrons. The first-order valence-electron chi connectivity index (χ1n) is 13.1. The van der Waals surface area contributed by atoms with Gasteiger partial charge in [0.05, 0.1) is 17.2 Å². The fraction of sp³-hybridized carbons (Fsp3) is 0.333. The van der Waals surface area contributed by atoms with Gasteiger partial charge in [0, 0.05) is 24.2 Å². The van der Waals surface area contributed by atoms with Crippen molar-refractivity contribution in [2.75, 3.05) is 13.1 Å². The SMILES string of the molecule is C[C@@H](NC(=O)C(=NO)c1ccc(-c2ccc(F)cc2)cc1)[C@](O)(c1ccc(OC2CC2)c(Cl)c1)N1CCCC1. The third kappa shape index (κ3) is 5.78. The van der Waals surface area contributed by atoms with E-state index < -0.39 is 17.7 Å². The number of nitrogens with zero attached hydrogens (tertiary/aromatic N) is 2. The Morgan fingerprint density at radius 3 is 2.26 bits per heavy atom. The molecule has 1 saturated carbocycles. The third-order valence-corrected chi connectivity index (χ3v) is 7.66. The van der Waals surface area contributed by atoms with Gasteiger partial charge in [0.25, 0.3) is 5.91 Å². The highest BCUT2D eigenvalue weighted by atomic mass is 35.5. The molecule has 2 atom stereocenters. The molecule has 9 heteroatoms. The molecule has 2 fully saturated rings. The van der Waals surface area contributed by atoms with Crippen LogP contribution in [0.15, 0.2) is 71.9 Å². The van der Waals surface area contributed by atoms with Crippen LogP contribution in [-0.2, 0) is 10.5 Å². The summed E-state index contributed by atoms with van der Waals surface area (Å²) in [5, 5.41) is 28.3. The molecule has 2 aliphatic rings. The van der Waals surface area contributed by atoms with E-state index in [1.54, 1.807) is 61.5 Å². The largest absolute Gasteiger partial charge is 0.489 e. The molecule has 1 heterocycles. The van der Waals surface area contributed by atoms with Crippen LogP contribution in [0.25, 0.3) is 11.1 Å². The Morgan fingerprint density at radius 1 is 1.08 bits per heavy atom. The van der Waals surface area contributed by atoms with Crippen LogP contribution >= 0.6 is 11.6 Å². The second kappa shape index (κ2) is 11.3. The summed E-state index contributed by atoms with van der Waals surface area (Å²) in [6, 6.07) is 17.4. The van der Waals surface area contributed by atoms with Crippen molar-refractivity contribution >= 4 is 23.2 Å². The van der Waals surface area contributed by atoms with Gasteiger partial charge < -0.3 is 20.4 Å². The highest BCUT2D eigenvalue weighted by molar-refractivity contribution is 6.45. The molecular weight excluding hydrogens is 521 g/mol. The van der Waals surface area contributed by atoms with Gasteiger partial charge in [0.2, 0.25) is 0 Å².